The molecule has 0 spiro atoms. The van der Waals surface area contributed by atoms with Crippen LogP contribution in [0.2, 0.25) is 5.02 Å². The summed E-state index contributed by atoms with van der Waals surface area (Å²) in [5.41, 5.74) is 3.81. The second kappa shape index (κ2) is 10.4. The molecule has 1 aromatic heterocycles. The highest BCUT2D eigenvalue weighted by Gasteiger charge is 2.37. The summed E-state index contributed by atoms with van der Waals surface area (Å²) in [5, 5.41) is 0.615. The van der Waals surface area contributed by atoms with Crippen LogP contribution in [0.4, 0.5) is 5.69 Å². The molecule has 3 aromatic carbocycles. The molecule has 0 aliphatic carbocycles. The summed E-state index contributed by atoms with van der Waals surface area (Å²) in [4.78, 5) is 48.0. The highest BCUT2D eigenvalue weighted by molar-refractivity contribution is 7.07. The number of rotatable bonds is 5. The lowest BCUT2D eigenvalue weighted by molar-refractivity contribution is -0.139. The zero-order valence-corrected chi connectivity index (χ0v) is 23.3. The van der Waals surface area contributed by atoms with Crippen molar-refractivity contribution in [3.63, 3.8) is 0 Å². The summed E-state index contributed by atoms with van der Waals surface area (Å²) in [5.74, 6) is -0.786. The third kappa shape index (κ3) is 4.29. The van der Waals surface area contributed by atoms with Crippen molar-refractivity contribution in [3.05, 3.63) is 132 Å². The number of nitrogens with zero attached hydrogens (tertiary/aromatic N) is 3. The average Bonchev–Trinajstić information content (AvgIpc) is 3.42. The van der Waals surface area contributed by atoms with Crippen LogP contribution in [-0.2, 0) is 20.9 Å². The van der Waals surface area contributed by atoms with Gasteiger partial charge in [-0.05, 0) is 43.2 Å². The maximum Gasteiger partial charge on any atom is 0.338 e. The van der Waals surface area contributed by atoms with Crippen molar-refractivity contribution in [2.45, 2.75) is 26.4 Å². The predicted octanol–water partition coefficient (Wildman–Crippen LogP) is 4.37. The number of esters is 1. The van der Waals surface area contributed by atoms with Crippen molar-refractivity contribution in [1.82, 2.24) is 4.57 Å². The first-order valence-corrected chi connectivity index (χ1v) is 14.0. The summed E-state index contributed by atoms with van der Waals surface area (Å²) < 4.78 is 7.16. The highest BCUT2D eigenvalue weighted by atomic mass is 35.5. The van der Waals surface area contributed by atoms with E-state index in [1.54, 1.807) is 30.9 Å². The van der Waals surface area contributed by atoms with Crippen LogP contribution in [0.15, 0.2) is 99.9 Å². The Morgan fingerprint density at radius 2 is 1.70 bits per heavy atom. The van der Waals surface area contributed by atoms with Crippen LogP contribution >= 0.6 is 22.9 Å². The number of allylic oxidation sites excluding steroid dienone is 1. The molecule has 0 N–H and O–H groups in total. The summed E-state index contributed by atoms with van der Waals surface area (Å²) in [6.07, 6.45) is 0. The lowest BCUT2D eigenvalue weighted by atomic mass is 9.96. The van der Waals surface area contributed by atoms with Gasteiger partial charge in [0.05, 0.1) is 41.7 Å². The molecule has 0 saturated heterocycles. The minimum absolute atomic E-state index is 0.195. The molecule has 3 heterocycles. The number of hydrogen-bond donors (Lipinski definition) is 0. The maximum absolute atomic E-state index is 14.2. The Morgan fingerprint density at radius 1 is 1.00 bits per heavy atom. The van der Waals surface area contributed by atoms with Gasteiger partial charge in [-0.2, -0.15) is 0 Å². The molecule has 40 heavy (non-hydrogen) atoms. The fraction of sp³-hybridized carbons (Fsp3) is 0.161. The van der Waals surface area contributed by atoms with Crippen LogP contribution in [0, 0.1) is 0 Å². The molecule has 200 valence electrons. The van der Waals surface area contributed by atoms with E-state index in [0.29, 0.717) is 38.8 Å². The molecule has 9 heteroatoms. The van der Waals surface area contributed by atoms with Gasteiger partial charge in [0, 0.05) is 10.6 Å². The van der Waals surface area contributed by atoms with E-state index in [0.717, 1.165) is 28.2 Å². The third-order valence-electron chi connectivity index (χ3n) is 7.01. The SMILES string of the molecule is CCOC(=O)C1=C(C)N=c2s/c(=C3/C(=O)N(Cc4ccc(Cl)cc4)c4ccccc43)c(=O)n2[C@@H]1c1ccccc1. The first-order chi connectivity index (χ1) is 19.4. The lowest BCUT2D eigenvalue weighted by Gasteiger charge is -2.24. The fourth-order valence-electron chi connectivity index (χ4n) is 5.22. The predicted molar refractivity (Wildman–Crippen MR) is 155 cm³/mol. The Hall–Kier alpha value is -4.27. The zero-order valence-electron chi connectivity index (χ0n) is 21.8. The minimum Gasteiger partial charge on any atom is -0.463 e. The Bertz CT molecular complexity index is 1870. The summed E-state index contributed by atoms with van der Waals surface area (Å²) in [7, 11) is 0. The first-order valence-electron chi connectivity index (χ1n) is 12.8. The van der Waals surface area contributed by atoms with Crippen LogP contribution in [0.3, 0.4) is 0 Å². The van der Waals surface area contributed by atoms with E-state index in [1.165, 1.54) is 4.57 Å². The number of anilines is 1. The van der Waals surface area contributed by atoms with Crippen molar-refractivity contribution < 1.29 is 14.3 Å². The van der Waals surface area contributed by atoms with Crippen molar-refractivity contribution >= 4 is 46.1 Å². The van der Waals surface area contributed by atoms with Crippen molar-refractivity contribution in [3.8, 4) is 0 Å². The van der Waals surface area contributed by atoms with Gasteiger partial charge in [-0.25, -0.2) is 9.79 Å². The Labute approximate surface area is 238 Å². The smallest absolute Gasteiger partial charge is 0.338 e. The lowest BCUT2D eigenvalue weighted by Crippen LogP contribution is -2.41. The average molecular weight is 570 g/mol. The van der Waals surface area contributed by atoms with Gasteiger partial charge in [0.25, 0.3) is 11.5 Å². The number of halogens is 1. The highest BCUT2D eigenvalue weighted by Crippen LogP contribution is 2.36. The van der Waals surface area contributed by atoms with E-state index in [1.807, 2.05) is 66.7 Å². The first kappa shape index (κ1) is 26.0. The van der Waals surface area contributed by atoms with Crippen LogP contribution in [-0.4, -0.2) is 23.1 Å². The largest absolute Gasteiger partial charge is 0.463 e. The fourth-order valence-corrected chi connectivity index (χ4v) is 6.48. The number of hydrogen-bond acceptors (Lipinski definition) is 6. The number of para-hydroxylation sites is 1. The monoisotopic (exact) mass is 569 g/mol. The molecule has 0 unspecified atom stereocenters. The number of benzene rings is 3. The number of aromatic nitrogens is 1. The van der Waals surface area contributed by atoms with E-state index >= 15 is 0 Å². The third-order valence-corrected chi connectivity index (χ3v) is 8.32. The van der Waals surface area contributed by atoms with Crippen molar-refractivity contribution in [2.75, 3.05) is 11.5 Å². The number of ether oxygens (including phenoxy) is 1. The molecular weight excluding hydrogens is 546 g/mol. The van der Waals surface area contributed by atoms with Gasteiger partial charge in [0.2, 0.25) is 0 Å². The molecule has 0 radical (unpaired) electrons. The maximum atomic E-state index is 14.2. The molecule has 1 amide bonds. The molecule has 0 saturated carbocycles. The Morgan fingerprint density at radius 3 is 2.42 bits per heavy atom. The number of fused-ring (bicyclic) bond motifs is 2. The molecule has 4 aromatic rings. The topological polar surface area (TPSA) is 81.0 Å². The van der Waals surface area contributed by atoms with E-state index in [9.17, 15) is 14.4 Å². The quantitative estimate of drug-likeness (QED) is 0.334. The van der Waals surface area contributed by atoms with Gasteiger partial charge >= 0.3 is 5.97 Å². The second-order valence-electron chi connectivity index (χ2n) is 9.44. The zero-order chi connectivity index (χ0) is 28.0. The molecule has 0 fully saturated rings. The molecule has 1 atom stereocenters. The second-order valence-corrected chi connectivity index (χ2v) is 10.9. The summed E-state index contributed by atoms with van der Waals surface area (Å²) >= 11 is 7.22. The van der Waals surface area contributed by atoms with Gasteiger partial charge in [0.1, 0.15) is 4.53 Å². The molecule has 6 rings (SSSR count). The van der Waals surface area contributed by atoms with Gasteiger partial charge < -0.3 is 9.64 Å². The van der Waals surface area contributed by atoms with E-state index in [4.69, 9.17) is 16.3 Å². The van der Waals surface area contributed by atoms with Crippen LogP contribution in [0.5, 0.6) is 0 Å². The Balaban J connectivity index is 1.56. The molecule has 2 aliphatic heterocycles. The molecular formula is C31H24ClN3O4S. The van der Waals surface area contributed by atoms with Crippen LogP contribution in [0.1, 0.15) is 36.6 Å². The summed E-state index contributed by atoms with van der Waals surface area (Å²) in [6.45, 7) is 4.00. The van der Waals surface area contributed by atoms with E-state index in [-0.39, 0.29) is 22.6 Å². The van der Waals surface area contributed by atoms with Gasteiger partial charge in [-0.3, -0.25) is 14.2 Å². The Kier molecular flexibility index (Phi) is 6.73. The number of amides is 1. The number of thiazole rings is 1. The van der Waals surface area contributed by atoms with Crippen LogP contribution < -0.4 is 19.8 Å². The molecule has 7 nitrogen and oxygen atoms in total. The molecule has 0 bridgehead atoms. The van der Waals surface area contributed by atoms with Gasteiger partial charge in [0.15, 0.2) is 4.80 Å². The number of carbonyl (C=O) groups excluding carboxylic acids is 2. The molecule has 2 aliphatic rings. The minimum atomic E-state index is -0.734. The van der Waals surface area contributed by atoms with E-state index < -0.39 is 12.0 Å². The van der Waals surface area contributed by atoms with Gasteiger partial charge in [-0.1, -0.05) is 83.6 Å². The summed E-state index contributed by atoms with van der Waals surface area (Å²) in [6, 6.07) is 23.4. The normalized spacial score (nSPS) is 17.4. The number of carbonyl (C=O) groups is 2. The van der Waals surface area contributed by atoms with Crippen molar-refractivity contribution in [1.29, 1.82) is 0 Å². The standard InChI is InChI=1S/C31H24ClN3O4S/c1-3-39-30(38)24-18(2)33-31-35(26(24)20-9-5-4-6-10-20)29(37)27(40-31)25-22-11-7-8-12-23(22)34(28(25)36)17-19-13-15-21(32)16-14-19/h4-16,26H,3,17H2,1-2H3/b27-25+/t26-/m1/s1. The van der Waals surface area contributed by atoms with Gasteiger partial charge in [-0.15, -0.1) is 0 Å². The van der Waals surface area contributed by atoms with Crippen molar-refractivity contribution in [2.24, 2.45) is 4.99 Å². The van der Waals surface area contributed by atoms with E-state index in [2.05, 4.69) is 4.99 Å². The van der Waals surface area contributed by atoms with Crippen LogP contribution in [0.25, 0.3) is 5.57 Å².